The van der Waals surface area contributed by atoms with Gasteiger partial charge in [-0.1, -0.05) is 30.3 Å². The van der Waals surface area contributed by atoms with Gasteiger partial charge in [0, 0.05) is 32.4 Å². The molecule has 13 nitrogen and oxygen atoms in total. The van der Waals surface area contributed by atoms with Crippen LogP contribution in [0.2, 0.25) is 0 Å². The van der Waals surface area contributed by atoms with E-state index in [1.54, 1.807) is 13.1 Å². The summed E-state index contributed by atoms with van der Waals surface area (Å²) in [6, 6.07) is 12.8. The van der Waals surface area contributed by atoms with Crippen LogP contribution in [0.3, 0.4) is 0 Å². The van der Waals surface area contributed by atoms with Gasteiger partial charge in [0.1, 0.15) is 16.5 Å². The maximum Gasteiger partial charge on any atom is 0.249 e. The molecule has 1 aliphatic heterocycles. The third-order valence-corrected chi connectivity index (χ3v) is 10.3. The van der Waals surface area contributed by atoms with Gasteiger partial charge in [-0.25, -0.2) is 28.1 Å². The van der Waals surface area contributed by atoms with Gasteiger partial charge in [-0.05, 0) is 84.8 Å². The van der Waals surface area contributed by atoms with Gasteiger partial charge < -0.3 is 15.4 Å². The molecule has 248 valence electrons. The molecule has 0 fully saturated rings. The molecule has 0 saturated carbocycles. The minimum atomic E-state index is -3.92. The maximum atomic E-state index is 13.9. The Hall–Kier alpha value is -5.21. The Balaban J connectivity index is 1.43. The molecule has 2 N–H and O–H groups in total. The average Bonchev–Trinajstić information content (AvgIpc) is 3.48. The second kappa shape index (κ2) is 13.5. The summed E-state index contributed by atoms with van der Waals surface area (Å²) in [5.74, 6) is 0.167. The van der Waals surface area contributed by atoms with Crippen molar-refractivity contribution >= 4 is 44.2 Å². The van der Waals surface area contributed by atoms with Crippen molar-refractivity contribution in [2.45, 2.75) is 58.2 Å². The fraction of sp³-hybridized carbons (Fsp3) is 0.294. The number of benzene rings is 2. The lowest BCUT2D eigenvalue weighted by Crippen LogP contribution is -2.36. The fourth-order valence-electron chi connectivity index (χ4n) is 5.72. The molecular formula is C34H37N9O4S. The normalized spacial score (nSPS) is 16.2. The summed E-state index contributed by atoms with van der Waals surface area (Å²) >= 11 is 0. The van der Waals surface area contributed by atoms with Crippen LogP contribution in [0.15, 0.2) is 72.0 Å². The van der Waals surface area contributed by atoms with E-state index in [4.69, 9.17) is 4.74 Å². The number of ether oxygens (including phenoxy) is 1. The number of pyridine rings is 1. The van der Waals surface area contributed by atoms with Crippen LogP contribution < -0.4 is 15.4 Å². The van der Waals surface area contributed by atoms with Crippen molar-refractivity contribution in [1.82, 2.24) is 34.3 Å². The van der Waals surface area contributed by atoms with Crippen molar-refractivity contribution in [2.24, 2.45) is 0 Å². The fourth-order valence-corrected chi connectivity index (χ4v) is 7.24. The molecule has 1 aliphatic rings. The second-order valence-corrected chi connectivity index (χ2v) is 13.4. The van der Waals surface area contributed by atoms with Crippen molar-refractivity contribution in [3.05, 3.63) is 94.9 Å². The van der Waals surface area contributed by atoms with Crippen molar-refractivity contribution in [3.63, 3.8) is 0 Å². The third-order valence-electron chi connectivity index (χ3n) is 8.45. The number of fused-ring (bicyclic) bond motifs is 2. The van der Waals surface area contributed by atoms with Crippen LogP contribution in [0.25, 0.3) is 16.6 Å². The van der Waals surface area contributed by atoms with Gasteiger partial charge in [-0.2, -0.15) is 4.31 Å². The van der Waals surface area contributed by atoms with Gasteiger partial charge >= 0.3 is 0 Å². The summed E-state index contributed by atoms with van der Waals surface area (Å²) in [4.78, 5) is 26.2. The zero-order chi connectivity index (χ0) is 34.0. The first-order valence-electron chi connectivity index (χ1n) is 15.7. The Bertz CT molecular complexity index is 2130. The van der Waals surface area contributed by atoms with E-state index in [9.17, 15) is 13.2 Å². The first-order chi connectivity index (χ1) is 23.1. The molecule has 1 amide bonds. The lowest BCUT2D eigenvalue weighted by molar-refractivity contribution is -0.111. The molecule has 1 atom stereocenters. The number of hydrogen-bond donors (Lipinski definition) is 2. The van der Waals surface area contributed by atoms with Crippen molar-refractivity contribution < 1.29 is 17.9 Å². The second-order valence-electron chi connectivity index (χ2n) is 11.5. The number of nitrogens with one attached hydrogen (secondary N) is 2. The Labute approximate surface area is 279 Å². The minimum Gasteiger partial charge on any atom is -0.472 e. The highest BCUT2D eigenvalue weighted by atomic mass is 32.2. The number of hydrogen-bond acceptors (Lipinski definition) is 10. The van der Waals surface area contributed by atoms with E-state index in [1.165, 1.54) is 35.0 Å². The Kier molecular flexibility index (Phi) is 9.20. The van der Waals surface area contributed by atoms with E-state index in [2.05, 4.69) is 35.9 Å². The van der Waals surface area contributed by atoms with Crippen molar-refractivity contribution in [3.8, 4) is 5.88 Å². The molecule has 0 bridgehead atoms. The van der Waals surface area contributed by atoms with Crippen molar-refractivity contribution in [2.75, 3.05) is 24.2 Å². The number of carbonyl (C=O) groups is 1. The molecule has 14 heteroatoms. The van der Waals surface area contributed by atoms with E-state index in [0.717, 1.165) is 38.9 Å². The van der Waals surface area contributed by atoms with Crippen LogP contribution in [0.5, 0.6) is 5.88 Å². The highest BCUT2D eigenvalue weighted by molar-refractivity contribution is 7.89. The smallest absolute Gasteiger partial charge is 0.249 e. The average molecular weight is 668 g/mol. The summed E-state index contributed by atoms with van der Waals surface area (Å²) in [6.07, 6.45) is 6.35. The number of carbonyl (C=O) groups excluding carboxylic acids is 1. The molecule has 4 heterocycles. The van der Waals surface area contributed by atoms with Gasteiger partial charge in [0.25, 0.3) is 0 Å². The topological polar surface area (TPSA) is 157 Å². The van der Waals surface area contributed by atoms with E-state index >= 15 is 0 Å². The summed E-state index contributed by atoms with van der Waals surface area (Å²) in [5, 5.41) is 14.4. The van der Waals surface area contributed by atoms with Crippen LogP contribution in [-0.2, 0) is 27.9 Å². The van der Waals surface area contributed by atoms with E-state index < -0.39 is 10.0 Å². The van der Waals surface area contributed by atoms with Gasteiger partial charge in [-0.3, -0.25) is 4.79 Å². The summed E-state index contributed by atoms with van der Waals surface area (Å²) in [5.41, 5.74) is 6.77. The standard InChI is InChI=1S/C34H37N9O4S/c1-6-26-20-42(48(45,46)30-9-8-14-36-33(30)47-26)19-24-15-23(11-10-21(24)3)28(16-31(44)39-25-17-37-34(35-5)38-18-25)27-12-13-29-32(22(27)4)40-41-43(29)7-2/h8-18,26H,6-7,19-20H2,1-5H3,(H,39,44)(H,35,37,38)/t26-/m1/s1. The zero-order valence-electron chi connectivity index (χ0n) is 27.4. The SMILES string of the molecule is CC[C@@H]1CN(Cc2cc(C(=CC(=O)Nc3cnc(NC)nc3)c3ccc4c(nnn4CC)c3C)ccc2C)S(=O)(=O)c2cccnc2O1. The van der Waals surface area contributed by atoms with Crippen LogP contribution in [0.4, 0.5) is 11.6 Å². The Morgan fingerprint density at radius 3 is 2.60 bits per heavy atom. The van der Waals surface area contributed by atoms with Gasteiger partial charge in [0.2, 0.25) is 27.8 Å². The molecule has 2 aromatic carbocycles. The largest absolute Gasteiger partial charge is 0.472 e. The highest BCUT2D eigenvalue weighted by Crippen LogP contribution is 2.34. The number of anilines is 2. The van der Waals surface area contributed by atoms with Crippen LogP contribution in [0.1, 0.15) is 48.1 Å². The van der Waals surface area contributed by atoms with E-state index in [-0.39, 0.29) is 35.9 Å². The number of amides is 1. The molecule has 0 saturated heterocycles. The number of rotatable bonds is 9. The van der Waals surface area contributed by atoms with Gasteiger partial charge in [0.05, 0.1) is 30.1 Å². The molecule has 0 spiro atoms. The maximum absolute atomic E-state index is 13.9. The third kappa shape index (κ3) is 6.36. The number of nitrogens with zero attached hydrogens (tertiary/aromatic N) is 7. The quantitative estimate of drug-likeness (QED) is 0.211. The molecule has 48 heavy (non-hydrogen) atoms. The molecule has 0 aliphatic carbocycles. The summed E-state index contributed by atoms with van der Waals surface area (Å²) in [6.45, 7) is 8.80. The molecule has 3 aromatic heterocycles. The lowest BCUT2D eigenvalue weighted by Gasteiger charge is -2.23. The predicted octanol–water partition coefficient (Wildman–Crippen LogP) is 4.73. The van der Waals surface area contributed by atoms with E-state index in [1.807, 2.05) is 62.7 Å². The van der Waals surface area contributed by atoms with Crippen LogP contribution in [0, 0.1) is 13.8 Å². The van der Waals surface area contributed by atoms with Crippen LogP contribution >= 0.6 is 0 Å². The van der Waals surface area contributed by atoms with Gasteiger partial charge in [-0.15, -0.1) is 5.10 Å². The Morgan fingerprint density at radius 2 is 1.88 bits per heavy atom. The van der Waals surface area contributed by atoms with Crippen molar-refractivity contribution in [1.29, 1.82) is 0 Å². The number of aromatic nitrogens is 6. The minimum absolute atomic E-state index is 0.0443. The first-order valence-corrected chi connectivity index (χ1v) is 17.1. The molecule has 6 rings (SSSR count). The molecule has 5 aromatic rings. The molecule has 0 unspecified atom stereocenters. The number of sulfonamides is 1. The Morgan fingerprint density at radius 1 is 1.08 bits per heavy atom. The lowest BCUT2D eigenvalue weighted by atomic mass is 9.91. The summed E-state index contributed by atoms with van der Waals surface area (Å²) < 4.78 is 37.1. The predicted molar refractivity (Wildman–Crippen MR) is 183 cm³/mol. The number of aryl methyl sites for hydroxylation is 3. The van der Waals surface area contributed by atoms with Crippen LogP contribution in [-0.4, -0.2) is 68.3 Å². The molecule has 0 radical (unpaired) electrons. The first kappa shape index (κ1) is 32.7. The zero-order valence-corrected chi connectivity index (χ0v) is 28.2. The summed E-state index contributed by atoms with van der Waals surface area (Å²) in [7, 11) is -2.21. The van der Waals surface area contributed by atoms with E-state index in [0.29, 0.717) is 30.2 Å². The molecular weight excluding hydrogens is 631 g/mol. The highest BCUT2D eigenvalue weighted by Gasteiger charge is 2.35. The monoisotopic (exact) mass is 667 g/mol. The van der Waals surface area contributed by atoms with Gasteiger partial charge in [0.15, 0.2) is 0 Å².